The number of amides is 4. The van der Waals surface area contributed by atoms with Crippen molar-refractivity contribution in [3.63, 3.8) is 0 Å². The lowest BCUT2D eigenvalue weighted by Gasteiger charge is -2.25. The van der Waals surface area contributed by atoms with Crippen LogP contribution in [0.25, 0.3) is 0 Å². The topological polar surface area (TPSA) is 260 Å². The van der Waals surface area contributed by atoms with Crippen molar-refractivity contribution in [1.82, 2.24) is 16.0 Å². The average molecular weight is 587 g/mol. The van der Waals surface area contributed by atoms with Crippen molar-refractivity contribution < 1.29 is 39.3 Å². The van der Waals surface area contributed by atoms with Crippen LogP contribution in [0.3, 0.4) is 0 Å². The Hall–Kier alpha value is -4.69. The molecule has 0 aliphatic carbocycles. The Morgan fingerprint density at radius 3 is 1.67 bits per heavy atom. The second kappa shape index (κ2) is 16.5. The molecule has 2 aromatic carbocycles. The number of aliphatic carboxylic acids is 1. The number of aromatic hydroxyl groups is 2. The molecule has 0 aliphatic heterocycles. The predicted octanol–water partition coefficient (Wildman–Crippen LogP) is -1.25. The van der Waals surface area contributed by atoms with Crippen LogP contribution in [0.5, 0.6) is 11.5 Å². The summed E-state index contributed by atoms with van der Waals surface area (Å²) in [6, 6.07) is 6.73. The number of unbranched alkanes of at least 4 members (excludes halogenated alkanes) is 1. The summed E-state index contributed by atoms with van der Waals surface area (Å²) in [5.41, 5.74) is 18.0. The summed E-state index contributed by atoms with van der Waals surface area (Å²) in [6.45, 7) is 0.341. The second-order valence-corrected chi connectivity index (χ2v) is 9.82. The van der Waals surface area contributed by atoms with E-state index >= 15 is 0 Å². The highest BCUT2D eigenvalue weighted by Crippen LogP contribution is 2.13. The number of carbonyl (C=O) groups excluding carboxylic acids is 4. The lowest BCUT2D eigenvalue weighted by atomic mass is 10.0. The van der Waals surface area contributed by atoms with Gasteiger partial charge in [-0.15, -0.1) is 0 Å². The molecule has 4 amide bonds. The summed E-state index contributed by atoms with van der Waals surface area (Å²) in [5.74, 6) is -4.70. The number of carboxylic acids is 1. The van der Waals surface area contributed by atoms with Crippen LogP contribution in [-0.4, -0.2) is 75.6 Å². The van der Waals surface area contributed by atoms with Gasteiger partial charge in [0.1, 0.15) is 29.6 Å². The first-order chi connectivity index (χ1) is 19.9. The molecule has 0 aliphatic rings. The number of nitrogens with two attached hydrogens (primary N) is 3. The van der Waals surface area contributed by atoms with E-state index in [1.165, 1.54) is 36.4 Å². The van der Waals surface area contributed by atoms with Crippen molar-refractivity contribution in [3.8, 4) is 11.5 Å². The highest BCUT2D eigenvalue weighted by Gasteiger charge is 2.31. The number of nitrogens with one attached hydrogen (secondary N) is 3. The van der Waals surface area contributed by atoms with E-state index in [2.05, 4.69) is 16.0 Å². The van der Waals surface area contributed by atoms with Crippen LogP contribution in [-0.2, 0) is 36.8 Å². The van der Waals surface area contributed by atoms with Gasteiger partial charge in [-0.05, 0) is 67.6 Å². The van der Waals surface area contributed by atoms with Gasteiger partial charge in [0.25, 0.3) is 0 Å². The van der Waals surface area contributed by atoms with Gasteiger partial charge in [0.05, 0.1) is 12.5 Å². The number of hydrogen-bond donors (Lipinski definition) is 9. The zero-order chi connectivity index (χ0) is 31.2. The molecule has 228 valence electrons. The van der Waals surface area contributed by atoms with Gasteiger partial charge in [-0.1, -0.05) is 24.3 Å². The summed E-state index contributed by atoms with van der Waals surface area (Å²) < 4.78 is 0. The van der Waals surface area contributed by atoms with Crippen molar-refractivity contribution in [2.45, 2.75) is 62.7 Å². The van der Waals surface area contributed by atoms with Crippen molar-refractivity contribution in [2.75, 3.05) is 6.54 Å². The van der Waals surface area contributed by atoms with E-state index in [1.807, 2.05) is 0 Å². The monoisotopic (exact) mass is 586 g/mol. The molecule has 0 saturated heterocycles. The molecule has 12 N–H and O–H groups in total. The lowest BCUT2D eigenvalue weighted by molar-refractivity contribution is -0.142. The van der Waals surface area contributed by atoms with Crippen LogP contribution >= 0.6 is 0 Å². The summed E-state index contributed by atoms with van der Waals surface area (Å²) in [6.07, 6.45) is 0.417. The first kappa shape index (κ1) is 33.5. The standard InChI is InChI=1S/C28H38N6O8/c29-12-2-1-3-21(28(41)42)32-27(40)23(15-24(31)37)34-26(39)22(14-17-6-10-19(36)11-7-17)33-25(38)20(30)13-16-4-8-18(35)9-5-16/h4-11,20-23,35-36H,1-3,12-15,29-30H2,(H2,31,37)(H,32,40)(H,33,38)(H,34,39)(H,41,42). The molecule has 0 saturated carbocycles. The minimum atomic E-state index is -1.53. The van der Waals surface area contributed by atoms with Crippen LogP contribution < -0.4 is 33.2 Å². The zero-order valence-electron chi connectivity index (χ0n) is 23.0. The van der Waals surface area contributed by atoms with E-state index in [9.17, 15) is 39.3 Å². The van der Waals surface area contributed by atoms with Crippen LogP contribution in [0.4, 0.5) is 0 Å². The van der Waals surface area contributed by atoms with Gasteiger partial charge >= 0.3 is 5.97 Å². The highest BCUT2D eigenvalue weighted by atomic mass is 16.4. The van der Waals surface area contributed by atoms with Crippen LogP contribution in [0.1, 0.15) is 36.8 Å². The molecule has 4 unspecified atom stereocenters. The number of carbonyl (C=O) groups is 5. The van der Waals surface area contributed by atoms with Gasteiger partial charge in [0, 0.05) is 6.42 Å². The number of rotatable bonds is 17. The van der Waals surface area contributed by atoms with E-state index in [4.69, 9.17) is 17.2 Å². The van der Waals surface area contributed by atoms with Gasteiger partial charge in [-0.2, -0.15) is 0 Å². The maximum atomic E-state index is 13.4. The fourth-order valence-electron chi connectivity index (χ4n) is 4.04. The molecule has 4 atom stereocenters. The minimum absolute atomic E-state index is 0.0163. The van der Waals surface area contributed by atoms with Crippen molar-refractivity contribution in [3.05, 3.63) is 59.7 Å². The third kappa shape index (κ3) is 11.4. The Labute approximate surface area is 242 Å². The fraction of sp³-hybridized carbons (Fsp3) is 0.393. The molecule has 0 heterocycles. The van der Waals surface area contributed by atoms with Gasteiger partial charge in [-0.3, -0.25) is 19.2 Å². The molecule has 2 aromatic rings. The number of hydrogen-bond acceptors (Lipinski definition) is 9. The van der Waals surface area contributed by atoms with Crippen LogP contribution in [0, 0.1) is 0 Å². The highest BCUT2D eigenvalue weighted by molar-refractivity contribution is 5.96. The lowest BCUT2D eigenvalue weighted by Crippen LogP contribution is -2.58. The van der Waals surface area contributed by atoms with Crippen molar-refractivity contribution in [2.24, 2.45) is 17.2 Å². The fourth-order valence-corrected chi connectivity index (χ4v) is 4.04. The Kier molecular flexibility index (Phi) is 13.2. The molecule has 42 heavy (non-hydrogen) atoms. The molecule has 14 nitrogen and oxygen atoms in total. The van der Waals surface area contributed by atoms with E-state index in [-0.39, 0.29) is 30.8 Å². The maximum Gasteiger partial charge on any atom is 0.326 e. The van der Waals surface area contributed by atoms with Gasteiger partial charge < -0.3 is 48.5 Å². The third-order valence-corrected chi connectivity index (χ3v) is 6.34. The number of carboxylic acid groups (broad SMARTS) is 1. The maximum absolute atomic E-state index is 13.4. The number of benzene rings is 2. The van der Waals surface area contributed by atoms with E-state index in [1.54, 1.807) is 12.1 Å². The summed E-state index contributed by atoms with van der Waals surface area (Å²) in [4.78, 5) is 62.7. The Morgan fingerprint density at radius 1 is 0.690 bits per heavy atom. The van der Waals surface area contributed by atoms with Gasteiger partial charge in [0.2, 0.25) is 23.6 Å². The first-order valence-electron chi connectivity index (χ1n) is 13.3. The minimum Gasteiger partial charge on any atom is -0.508 e. The van der Waals surface area contributed by atoms with Gasteiger partial charge in [-0.25, -0.2) is 4.79 Å². The zero-order valence-corrected chi connectivity index (χ0v) is 23.0. The predicted molar refractivity (Wildman–Crippen MR) is 152 cm³/mol. The van der Waals surface area contributed by atoms with Crippen LogP contribution in [0.15, 0.2) is 48.5 Å². The number of phenolic OH excluding ortho intramolecular Hbond substituents is 2. The molecule has 2 rings (SSSR count). The summed E-state index contributed by atoms with van der Waals surface area (Å²) in [7, 11) is 0. The molecule has 14 heteroatoms. The Morgan fingerprint density at radius 2 is 1.17 bits per heavy atom. The normalized spacial score (nSPS) is 13.7. The largest absolute Gasteiger partial charge is 0.508 e. The van der Waals surface area contributed by atoms with E-state index in [0.29, 0.717) is 30.5 Å². The third-order valence-electron chi connectivity index (χ3n) is 6.34. The average Bonchev–Trinajstić information content (AvgIpc) is 2.93. The summed E-state index contributed by atoms with van der Waals surface area (Å²) >= 11 is 0. The molecular weight excluding hydrogens is 548 g/mol. The van der Waals surface area contributed by atoms with Gasteiger partial charge in [0.15, 0.2) is 0 Å². The Balaban J connectivity index is 2.22. The van der Waals surface area contributed by atoms with Crippen molar-refractivity contribution in [1.29, 1.82) is 0 Å². The first-order valence-corrected chi connectivity index (χ1v) is 13.3. The molecule has 0 spiro atoms. The molecule has 0 fully saturated rings. The number of phenols is 2. The molecule has 0 aromatic heterocycles. The molecule has 0 bridgehead atoms. The quantitative estimate of drug-likeness (QED) is 0.0995. The Bertz CT molecular complexity index is 1220. The molecule has 0 radical (unpaired) electrons. The smallest absolute Gasteiger partial charge is 0.326 e. The SMILES string of the molecule is NCCCCC(NC(=O)C(CC(N)=O)NC(=O)C(Cc1ccc(O)cc1)NC(=O)C(N)Cc1ccc(O)cc1)C(=O)O. The van der Waals surface area contributed by atoms with E-state index in [0.717, 1.165) is 0 Å². The van der Waals surface area contributed by atoms with Crippen LogP contribution in [0.2, 0.25) is 0 Å². The number of primary amides is 1. The van der Waals surface area contributed by atoms with E-state index < -0.39 is 60.2 Å². The molecular formula is C28H38N6O8. The second-order valence-electron chi connectivity index (χ2n) is 9.82. The summed E-state index contributed by atoms with van der Waals surface area (Å²) in [5, 5.41) is 35.8. The van der Waals surface area contributed by atoms with Crippen molar-refractivity contribution >= 4 is 29.6 Å².